The van der Waals surface area contributed by atoms with Gasteiger partial charge in [0.1, 0.15) is 5.75 Å². The summed E-state index contributed by atoms with van der Waals surface area (Å²) in [5, 5.41) is 0. The lowest BCUT2D eigenvalue weighted by Gasteiger charge is -2.34. The zero-order valence-corrected chi connectivity index (χ0v) is 15.6. The Balaban J connectivity index is 1.49. The van der Waals surface area contributed by atoms with Crippen LogP contribution in [0.4, 0.5) is 22.0 Å². The van der Waals surface area contributed by atoms with Crippen LogP contribution in [0.15, 0.2) is 42.5 Å². The molecular weight excluding hydrogens is 411 g/mol. The summed E-state index contributed by atoms with van der Waals surface area (Å²) in [5.74, 6) is -2.88. The van der Waals surface area contributed by atoms with E-state index in [1.165, 1.54) is 15.9 Å². The van der Waals surface area contributed by atoms with Crippen LogP contribution >= 0.6 is 0 Å². The van der Waals surface area contributed by atoms with Crippen molar-refractivity contribution in [3.8, 4) is 5.75 Å². The van der Waals surface area contributed by atoms with E-state index in [1.807, 2.05) is 0 Å². The maximum absolute atomic E-state index is 13.3. The molecule has 2 aromatic rings. The molecule has 30 heavy (non-hydrogen) atoms. The lowest BCUT2D eigenvalue weighted by atomic mass is 10.1. The van der Waals surface area contributed by atoms with Gasteiger partial charge in [0.2, 0.25) is 0 Å². The first-order valence-electron chi connectivity index (χ1n) is 8.97. The van der Waals surface area contributed by atoms with Crippen LogP contribution < -0.4 is 4.74 Å². The number of amides is 2. The van der Waals surface area contributed by atoms with Crippen molar-refractivity contribution in [1.29, 1.82) is 0 Å². The number of nitrogens with zero attached hydrogens (tertiary/aromatic N) is 2. The standard InChI is InChI=1S/C20H17F5N2O3/c21-16-6-1-13(11-17(16)22)19(29)27-9-7-26(8-10-27)18(28)12-30-15-4-2-14(3-5-15)20(23,24)25/h1-6,11H,7-10,12H2. The van der Waals surface area contributed by atoms with Gasteiger partial charge >= 0.3 is 6.18 Å². The van der Waals surface area contributed by atoms with Crippen molar-refractivity contribution in [3.63, 3.8) is 0 Å². The second-order valence-corrected chi connectivity index (χ2v) is 6.61. The molecule has 1 fully saturated rings. The van der Waals surface area contributed by atoms with E-state index >= 15 is 0 Å². The first-order valence-corrected chi connectivity index (χ1v) is 8.97. The number of hydrogen-bond donors (Lipinski definition) is 0. The van der Waals surface area contributed by atoms with E-state index in [0.29, 0.717) is 0 Å². The van der Waals surface area contributed by atoms with Crippen molar-refractivity contribution in [2.24, 2.45) is 0 Å². The van der Waals surface area contributed by atoms with Gasteiger partial charge in [-0.15, -0.1) is 0 Å². The minimum absolute atomic E-state index is 0.0133. The highest BCUT2D eigenvalue weighted by atomic mass is 19.4. The fraction of sp³-hybridized carbons (Fsp3) is 0.300. The van der Waals surface area contributed by atoms with Crippen molar-refractivity contribution >= 4 is 11.8 Å². The number of ether oxygens (including phenoxy) is 1. The third-order valence-corrected chi connectivity index (χ3v) is 4.63. The summed E-state index contributed by atoms with van der Waals surface area (Å²) in [6.07, 6.45) is -4.45. The van der Waals surface area contributed by atoms with E-state index in [2.05, 4.69) is 0 Å². The van der Waals surface area contributed by atoms with Crippen LogP contribution in [-0.4, -0.2) is 54.4 Å². The van der Waals surface area contributed by atoms with Gasteiger partial charge in [0.05, 0.1) is 5.56 Å². The van der Waals surface area contributed by atoms with Gasteiger partial charge in [0.25, 0.3) is 11.8 Å². The van der Waals surface area contributed by atoms with Crippen LogP contribution in [0.1, 0.15) is 15.9 Å². The van der Waals surface area contributed by atoms with E-state index in [9.17, 15) is 31.5 Å². The fourth-order valence-corrected chi connectivity index (χ4v) is 2.95. The van der Waals surface area contributed by atoms with Gasteiger partial charge in [-0.2, -0.15) is 13.2 Å². The van der Waals surface area contributed by atoms with Crippen LogP contribution in [0.5, 0.6) is 5.75 Å². The molecule has 1 aliphatic rings. The molecule has 2 aromatic carbocycles. The predicted molar refractivity (Wildman–Crippen MR) is 95.8 cm³/mol. The zero-order chi connectivity index (χ0) is 21.9. The average Bonchev–Trinajstić information content (AvgIpc) is 2.73. The number of carbonyl (C=O) groups is 2. The first-order chi connectivity index (χ1) is 14.1. The summed E-state index contributed by atoms with van der Waals surface area (Å²) in [5.41, 5.74) is -0.803. The SMILES string of the molecule is O=C(COc1ccc(C(F)(F)F)cc1)N1CCN(C(=O)c2ccc(F)c(F)c2)CC1. The molecule has 0 spiro atoms. The van der Waals surface area contributed by atoms with E-state index in [1.54, 1.807) is 0 Å². The number of carbonyl (C=O) groups excluding carboxylic acids is 2. The molecule has 5 nitrogen and oxygen atoms in total. The second-order valence-electron chi connectivity index (χ2n) is 6.61. The molecule has 10 heteroatoms. The van der Waals surface area contributed by atoms with Gasteiger partial charge in [-0.1, -0.05) is 0 Å². The van der Waals surface area contributed by atoms with Crippen LogP contribution in [-0.2, 0) is 11.0 Å². The Morgan fingerprint density at radius 1 is 0.867 bits per heavy atom. The van der Waals surface area contributed by atoms with E-state index in [-0.39, 0.29) is 50.0 Å². The largest absolute Gasteiger partial charge is 0.484 e. The molecular formula is C20H17F5N2O3. The smallest absolute Gasteiger partial charge is 0.416 e. The van der Waals surface area contributed by atoms with Crippen LogP contribution in [0.2, 0.25) is 0 Å². The monoisotopic (exact) mass is 428 g/mol. The molecule has 1 heterocycles. The van der Waals surface area contributed by atoms with Crippen molar-refractivity contribution in [3.05, 3.63) is 65.2 Å². The maximum atomic E-state index is 13.3. The topological polar surface area (TPSA) is 49.9 Å². The van der Waals surface area contributed by atoms with E-state index in [4.69, 9.17) is 4.74 Å². The number of rotatable bonds is 4. The molecule has 2 amide bonds. The molecule has 0 bridgehead atoms. The summed E-state index contributed by atoms with van der Waals surface area (Å²) >= 11 is 0. The molecule has 0 unspecified atom stereocenters. The average molecular weight is 428 g/mol. The lowest BCUT2D eigenvalue weighted by Crippen LogP contribution is -2.51. The number of benzene rings is 2. The third kappa shape index (κ3) is 5.05. The highest BCUT2D eigenvalue weighted by Gasteiger charge is 2.30. The summed E-state index contributed by atoms with van der Waals surface area (Å²) in [6, 6.07) is 6.89. The van der Waals surface area contributed by atoms with Crippen LogP contribution in [0, 0.1) is 11.6 Å². The fourth-order valence-electron chi connectivity index (χ4n) is 2.95. The Kier molecular flexibility index (Phi) is 6.23. The molecule has 0 aliphatic carbocycles. The summed E-state index contributed by atoms with van der Waals surface area (Å²) < 4.78 is 69.2. The summed E-state index contributed by atoms with van der Waals surface area (Å²) in [4.78, 5) is 27.5. The van der Waals surface area contributed by atoms with Crippen LogP contribution in [0.25, 0.3) is 0 Å². The number of hydrogen-bond acceptors (Lipinski definition) is 3. The van der Waals surface area contributed by atoms with E-state index in [0.717, 1.165) is 36.4 Å². The molecule has 0 N–H and O–H groups in total. The molecule has 0 aromatic heterocycles. The van der Waals surface area contributed by atoms with Crippen molar-refractivity contribution in [2.45, 2.75) is 6.18 Å². The highest BCUT2D eigenvalue weighted by molar-refractivity contribution is 5.94. The van der Waals surface area contributed by atoms with Gasteiger partial charge in [-0.25, -0.2) is 8.78 Å². The Morgan fingerprint density at radius 3 is 2.03 bits per heavy atom. The number of halogens is 5. The number of alkyl halides is 3. The molecule has 3 rings (SSSR count). The van der Waals surface area contributed by atoms with Crippen LogP contribution in [0.3, 0.4) is 0 Å². The summed E-state index contributed by atoms with van der Waals surface area (Å²) in [7, 11) is 0. The minimum atomic E-state index is -4.45. The van der Waals surface area contributed by atoms with Gasteiger partial charge in [-0.05, 0) is 42.5 Å². The Hall–Kier alpha value is -3.17. The predicted octanol–water partition coefficient (Wildman–Crippen LogP) is 3.35. The Morgan fingerprint density at radius 2 is 1.47 bits per heavy atom. The molecule has 160 valence electrons. The highest BCUT2D eigenvalue weighted by Crippen LogP contribution is 2.30. The van der Waals surface area contributed by atoms with Gasteiger partial charge in [0, 0.05) is 31.7 Å². The zero-order valence-electron chi connectivity index (χ0n) is 15.6. The number of piperazine rings is 1. The van der Waals surface area contributed by atoms with Gasteiger partial charge in [0.15, 0.2) is 18.2 Å². The Bertz CT molecular complexity index is 923. The van der Waals surface area contributed by atoms with Crippen molar-refractivity contribution < 1.29 is 36.3 Å². The summed E-state index contributed by atoms with van der Waals surface area (Å²) in [6.45, 7) is 0.464. The van der Waals surface area contributed by atoms with Crippen molar-refractivity contribution in [1.82, 2.24) is 9.80 Å². The third-order valence-electron chi connectivity index (χ3n) is 4.63. The Labute approximate surface area is 168 Å². The lowest BCUT2D eigenvalue weighted by molar-refractivity contribution is -0.138. The molecule has 0 saturated carbocycles. The van der Waals surface area contributed by atoms with Crippen molar-refractivity contribution in [2.75, 3.05) is 32.8 Å². The second kappa shape index (κ2) is 8.68. The molecule has 1 saturated heterocycles. The molecule has 1 aliphatic heterocycles. The van der Waals surface area contributed by atoms with Gasteiger partial charge in [-0.3, -0.25) is 9.59 Å². The van der Waals surface area contributed by atoms with E-state index < -0.39 is 29.3 Å². The minimum Gasteiger partial charge on any atom is -0.484 e. The maximum Gasteiger partial charge on any atom is 0.416 e. The molecule has 0 radical (unpaired) electrons. The van der Waals surface area contributed by atoms with Gasteiger partial charge < -0.3 is 14.5 Å². The molecule has 0 atom stereocenters. The normalized spacial score (nSPS) is 14.6. The quantitative estimate of drug-likeness (QED) is 0.702. The first kappa shape index (κ1) is 21.5.